The molecule has 9 heteroatoms. The number of sulfonamides is 1. The van der Waals surface area contributed by atoms with Crippen LogP contribution in [-0.4, -0.2) is 39.0 Å². The summed E-state index contributed by atoms with van der Waals surface area (Å²) >= 11 is 8.91. The molecule has 1 aromatic carbocycles. The van der Waals surface area contributed by atoms with Gasteiger partial charge in [-0.3, -0.25) is 0 Å². The zero-order chi connectivity index (χ0) is 15.8. The molecule has 0 saturated carbocycles. The van der Waals surface area contributed by atoms with Crippen molar-refractivity contribution in [1.82, 2.24) is 4.31 Å². The lowest BCUT2D eigenvalue weighted by molar-refractivity contribution is 0.0571. The van der Waals surface area contributed by atoms with E-state index in [1.165, 1.54) is 11.4 Å². The molecule has 1 fully saturated rings. The Bertz CT molecular complexity index is 656. The molecule has 0 radical (unpaired) electrons. The summed E-state index contributed by atoms with van der Waals surface area (Å²) < 4.78 is 45.9. The van der Waals surface area contributed by atoms with Gasteiger partial charge in [-0.1, -0.05) is 11.6 Å². The van der Waals surface area contributed by atoms with Crippen LogP contribution in [0.3, 0.4) is 0 Å². The van der Waals surface area contributed by atoms with Crippen LogP contribution in [0.4, 0.5) is 10.1 Å². The standard InChI is InChI=1S/C12H15BrClFN2O3S/c1-20-7-3-2-4-17(6-7)21(18,19)9-5-8(14)10(13)12(16)11(9)15/h5,7H,2-4,6,16H2,1H3. The predicted molar refractivity (Wildman–Crippen MR) is 82.3 cm³/mol. The fourth-order valence-electron chi connectivity index (χ4n) is 2.24. The molecule has 0 aliphatic carbocycles. The van der Waals surface area contributed by atoms with E-state index in [0.717, 1.165) is 12.5 Å². The minimum atomic E-state index is -4.00. The fraction of sp³-hybridized carbons (Fsp3) is 0.500. The molecule has 0 aromatic heterocycles. The number of halogens is 3. The molecule has 1 unspecified atom stereocenters. The molecule has 2 rings (SSSR count). The van der Waals surface area contributed by atoms with Gasteiger partial charge < -0.3 is 10.5 Å². The van der Waals surface area contributed by atoms with E-state index in [4.69, 9.17) is 22.1 Å². The van der Waals surface area contributed by atoms with E-state index in [1.807, 2.05) is 0 Å². The molecule has 1 aliphatic rings. The van der Waals surface area contributed by atoms with Gasteiger partial charge in [0.15, 0.2) is 5.82 Å². The minimum absolute atomic E-state index is 0.0489. The maximum absolute atomic E-state index is 14.2. The Balaban J connectivity index is 2.45. The molecule has 1 aromatic rings. The van der Waals surface area contributed by atoms with Crippen LogP contribution in [0.5, 0.6) is 0 Å². The van der Waals surface area contributed by atoms with Gasteiger partial charge in [-0.15, -0.1) is 0 Å². The van der Waals surface area contributed by atoms with Gasteiger partial charge in [-0.25, -0.2) is 12.8 Å². The summed E-state index contributed by atoms with van der Waals surface area (Å²) in [7, 11) is -2.48. The number of nitrogen functional groups attached to an aromatic ring is 1. The van der Waals surface area contributed by atoms with Gasteiger partial charge in [-0.05, 0) is 34.8 Å². The first-order valence-corrected chi connectivity index (χ1v) is 8.86. The van der Waals surface area contributed by atoms with Crippen molar-refractivity contribution >= 4 is 43.2 Å². The third-order valence-electron chi connectivity index (χ3n) is 3.45. The average molecular weight is 402 g/mol. The molecular formula is C12H15BrClFN2O3S. The van der Waals surface area contributed by atoms with E-state index in [0.29, 0.717) is 13.0 Å². The highest BCUT2D eigenvalue weighted by Crippen LogP contribution is 2.36. The lowest BCUT2D eigenvalue weighted by atomic mass is 10.1. The van der Waals surface area contributed by atoms with Crippen molar-refractivity contribution in [2.24, 2.45) is 0 Å². The maximum Gasteiger partial charge on any atom is 0.246 e. The van der Waals surface area contributed by atoms with Crippen molar-refractivity contribution in [2.75, 3.05) is 25.9 Å². The van der Waals surface area contributed by atoms with Gasteiger partial charge in [0.25, 0.3) is 0 Å². The number of benzene rings is 1. The molecule has 1 saturated heterocycles. The van der Waals surface area contributed by atoms with E-state index < -0.39 is 20.7 Å². The number of hydrogen-bond donors (Lipinski definition) is 1. The summed E-state index contributed by atoms with van der Waals surface area (Å²) in [6.07, 6.45) is 1.23. The number of anilines is 1. The van der Waals surface area contributed by atoms with Crippen LogP contribution in [-0.2, 0) is 14.8 Å². The van der Waals surface area contributed by atoms with Crippen LogP contribution < -0.4 is 5.73 Å². The normalized spacial score (nSPS) is 20.7. The van der Waals surface area contributed by atoms with E-state index in [2.05, 4.69) is 15.9 Å². The molecule has 0 bridgehead atoms. The number of ether oxygens (including phenoxy) is 1. The number of nitrogens with two attached hydrogens (primary N) is 1. The van der Waals surface area contributed by atoms with E-state index in [9.17, 15) is 12.8 Å². The Morgan fingerprint density at radius 2 is 2.24 bits per heavy atom. The molecule has 5 nitrogen and oxygen atoms in total. The van der Waals surface area contributed by atoms with Crippen molar-refractivity contribution in [2.45, 2.75) is 23.8 Å². The van der Waals surface area contributed by atoms with Crippen molar-refractivity contribution in [3.05, 3.63) is 21.4 Å². The first kappa shape index (κ1) is 17.0. The van der Waals surface area contributed by atoms with Crippen LogP contribution >= 0.6 is 27.5 Å². The van der Waals surface area contributed by atoms with Crippen molar-refractivity contribution in [3.63, 3.8) is 0 Å². The van der Waals surface area contributed by atoms with Gasteiger partial charge in [0, 0.05) is 20.2 Å². The summed E-state index contributed by atoms with van der Waals surface area (Å²) in [5.74, 6) is -0.995. The Morgan fingerprint density at radius 1 is 1.57 bits per heavy atom. The third-order valence-corrected chi connectivity index (χ3v) is 6.69. The van der Waals surface area contributed by atoms with Gasteiger partial charge in [0.05, 0.1) is 21.3 Å². The number of methoxy groups -OCH3 is 1. The second kappa shape index (κ2) is 6.37. The van der Waals surface area contributed by atoms with Gasteiger partial charge in [0.2, 0.25) is 10.0 Å². The zero-order valence-electron chi connectivity index (χ0n) is 11.3. The van der Waals surface area contributed by atoms with Gasteiger partial charge in [-0.2, -0.15) is 4.31 Å². The topological polar surface area (TPSA) is 72.6 Å². The van der Waals surface area contributed by atoms with Crippen LogP contribution in [0.2, 0.25) is 5.02 Å². The average Bonchev–Trinajstić information content (AvgIpc) is 2.48. The largest absolute Gasteiger partial charge is 0.395 e. The molecule has 0 amide bonds. The van der Waals surface area contributed by atoms with E-state index >= 15 is 0 Å². The second-order valence-electron chi connectivity index (χ2n) is 4.76. The Hall–Kier alpha value is -0.410. The van der Waals surface area contributed by atoms with Gasteiger partial charge in [0.1, 0.15) is 4.90 Å². The highest BCUT2D eigenvalue weighted by molar-refractivity contribution is 9.10. The molecular weight excluding hydrogens is 387 g/mol. The molecule has 0 spiro atoms. The Labute approximate surface area is 136 Å². The van der Waals surface area contributed by atoms with Crippen LogP contribution in [0.1, 0.15) is 12.8 Å². The van der Waals surface area contributed by atoms with Crippen LogP contribution in [0, 0.1) is 5.82 Å². The predicted octanol–water partition coefficient (Wildman–Crippen LogP) is 2.62. The lowest BCUT2D eigenvalue weighted by Gasteiger charge is -2.31. The first-order chi connectivity index (χ1) is 9.78. The number of hydrogen-bond acceptors (Lipinski definition) is 4. The minimum Gasteiger partial charge on any atom is -0.395 e. The molecule has 1 heterocycles. The first-order valence-electron chi connectivity index (χ1n) is 6.25. The number of nitrogens with zero attached hydrogens (tertiary/aromatic N) is 1. The van der Waals surface area contributed by atoms with Gasteiger partial charge >= 0.3 is 0 Å². The summed E-state index contributed by atoms with van der Waals surface area (Å²) in [4.78, 5) is -0.509. The monoisotopic (exact) mass is 400 g/mol. The summed E-state index contributed by atoms with van der Waals surface area (Å²) in [5.41, 5.74) is 5.23. The zero-order valence-corrected chi connectivity index (χ0v) is 14.4. The quantitative estimate of drug-likeness (QED) is 0.624. The SMILES string of the molecule is COC1CCCN(S(=O)(=O)c2cc(Cl)c(Br)c(N)c2F)C1. The van der Waals surface area contributed by atoms with Crippen molar-refractivity contribution in [1.29, 1.82) is 0 Å². The Kier molecular flexibility index (Phi) is 5.15. The smallest absolute Gasteiger partial charge is 0.246 e. The molecule has 1 atom stereocenters. The molecule has 1 aliphatic heterocycles. The third kappa shape index (κ3) is 3.19. The van der Waals surface area contributed by atoms with E-state index in [1.54, 1.807) is 0 Å². The van der Waals surface area contributed by atoms with Crippen molar-refractivity contribution < 1.29 is 17.5 Å². The summed E-state index contributed by atoms with van der Waals surface area (Å²) in [6.45, 7) is 0.501. The fourth-order valence-corrected chi connectivity index (χ4v) is 4.42. The highest BCUT2D eigenvalue weighted by atomic mass is 79.9. The Morgan fingerprint density at radius 3 is 2.86 bits per heavy atom. The summed E-state index contributed by atoms with van der Waals surface area (Å²) in [5, 5.41) is 0.0489. The molecule has 118 valence electrons. The van der Waals surface area contributed by atoms with Crippen molar-refractivity contribution in [3.8, 4) is 0 Å². The van der Waals surface area contributed by atoms with Crippen LogP contribution in [0.25, 0.3) is 0 Å². The maximum atomic E-state index is 14.2. The second-order valence-corrected chi connectivity index (χ2v) is 7.87. The summed E-state index contributed by atoms with van der Waals surface area (Å²) in [6, 6.07) is 1.07. The lowest BCUT2D eigenvalue weighted by Crippen LogP contribution is -2.43. The van der Waals surface area contributed by atoms with E-state index in [-0.39, 0.29) is 27.8 Å². The highest BCUT2D eigenvalue weighted by Gasteiger charge is 2.33. The molecule has 2 N–H and O–H groups in total. The van der Waals surface area contributed by atoms with Crippen LogP contribution in [0.15, 0.2) is 15.4 Å². The number of piperidine rings is 1. The number of rotatable bonds is 3. The molecule has 21 heavy (non-hydrogen) atoms.